The summed E-state index contributed by atoms with van der Waals surface area (Å²) < 4.78 is 5.79. The summed E-state index contributed by atoms with van der Waals surface area (Å²) in [5.74, 6) is -0.798. The van der Waals surface area contributed by atoms with E-state index in [4.69, 9.17) is 9.84 Å². The quantitative estimate of drug-likeness (QED) is 0.701. The van der Waals surface area contributed by atoms with Crippen LogP contribution in [0.15, 0.2) is 0 Å². The Bertz CT molecular complexity index is 267. The predicted molar refractivity (Wildman–Crippen MR) is 57.2 cm³/mol. The van der Waals surface area contributed by atoms with Gasteiger partial charge in [-0.1, -0.05) is 0 Å². The first-order chi connectivity index (χ1) is 7.60. The van der Waals surface area contributed by atoms with E-state index < -0.39 is 5.97 Å². The van der Waals surface area contributed by atoms with Crippen LogP contribution in [0.5, 0.6) is 0 Å². The second-order valence-electron chi connectivity index (χ2n) is 4.89. The number of aliphatic hydroxyl groups excluding tert-OH is 1. The highest BCUT2D eigenvalue weighted by Crippen LogP contribution is 2.33. The number of carbonyl (C=O) groups is 1. The number of likely N-dealkylation sites (tertiary alicyclic amines) is 1. The number of hydrogen-bond donors (Lipinski definition) is 2. The first-order valence-corrected chi connectivity index (χ1v) is 5.86. The fourth-order valence-corrected chi connectivity index (χ4v) is 2.80. The third-order valence-corrected chi connectivity index (χ3v) is 3.44. The average Bonchev–Trinajstić information content (AvgIpc) is 2.15. The molecule has 0 radical (unpaired) electrons. The summed E-state index contributed by atoms with van der Waals surface area (Å²) in [7, 11) is 0. The Kier molecular flexibility index (Phi) is 3.47. The molecule has 0 bridgehead atoms. The summed E-state index contributed by atoms with van der Waals surface area (Å²) in [5.41, 5.74) is -0.300. The average molecular weight is 229 g/mol. The summed E-state index contributed by atoms with van der Waals surface area (Å²) in [6.07, 6.45) is 2.92. The second kappa shape index (κ2) is 4.69. The number of carboxylic acid groups (broad SMARTS) is 1. The third-order valence-electron chi connectivity index (χ3n) is 3.44. The van der Waals surface area contributed by atoms with Gasteiger partial charge in [-0.3, -0.25) is 9.69 Å². The van der Waals surface area contributed by atoms with E-state index in [1.54, 1.807) is 0 Å². The lowest BCUT2D eigenvalue weighted by atomic mass is 9.84. The maximum Gasteiger partial charge on any atom is 0.317 e. The topological polar surface area (TPSA) is 70.0 Å². The Labute approximate surface area is 95.0 Å². The summed E-state index contributed by atoms with van der Waals surface area (Å²) in [6, 6.07) is 0. The lowest BCUT2D eigenvalue weighted by molar-refractivity contribution is -0.154. The molecular weight excluding hydrogens is 210 g/mol. The number of ether oxygens (including phenoxy) is 1. The van der Waals surface area contributed by atoms with Crippen LogP contribution in [0.25, 0.3) is 0 Å². The van der Waals surface area contributed by atoms with Crippen molar-refractivity contribution in [2.24, 2.45) is 0 Å². The molecule has 2 N–H and O–H groups in total. The van der Waals surface area contributed by atoms with Gasteiger partial charge in [0.05, 0.1) is 18.2 Å². The van der Waals surface area contributed by atoms with Gasteiger partial charge in [0.25, 0.3) is 0 Å². The van der Waals surface area contributed by atoms with E-state index in [0.717, 1.165) is 19.4 Å². The van der Waals surface area contributed by atoms with Crippen LogP contribution < -0.4 is 0 Å². The van der Waals surface area contributed by atoms with Crippen molar-refractivity contribution < 1.29 is 19.7 Å². The Morgan fingerprint density at radius 3 is 3.06 bits per heavy atom. The highest BCUT2D eigenvalue weighted by Gasteiger charge is 2.40. The highest BCUT2D eigenvalue weighted by molar-refractivity contribution is 5.69. The van der Waals surface area contributed by atoms with Crippen molar-refractivity contribution >= 4 is 5.97 Å². The number of nitrogens with zero attached hydrogens (tertiary/aromatic N) is 1. The van der Waals surface area contributed by atoms with Gasteiger partial charge in [-0.25, -0.2) is 0 Å². The van der Waals surface area contributed by atoms with Crippen LogP contribution in [0.2, 0.25) is 0 Å². The summed E-state index contributed by atoms with van der Waals surface area (Å²) in [5, 5.41) is 18.5. The Morgan fingerprint density at radius 2 is 2.38 bits per heavy atom. The molecule has 16 heavy (non-hydrogen) atoms. The van der Waals surface area contributed by atoms with Crippen LogP contribution in [0.4, 0.5) is 0 Å². The van der Waals surface area contributed by atoms with Gasteiger partial charge in [0.15, 0.2) is 0 Å². The molecule has 2 heterocycles. The van der Waals surface area contributed by atoms with Crippen molar-refractivity contribution in [2.75, 3.05) is 26.2 Å². The standard InChI is InChI=1S/C11H19NO4/c13-9-2-5-16-11(6-9)3-1-4-12(8-11)7-10(14)15/h9,13H,1-8H2,(H,14,15)/t9-,11-/m1/s1. The minimum Gasteiger partial charge on any atom is -0.480 e. The summed E-state index contributed by atoms with van der Waals surface area (Å²) in [6.45, 7) is 2.10. The van der Waals surface area contributed by atoms with E-state index in [9.17, 15) is 9.90 Å². The molecule has 0 unspecified atom stereocenters. The second-order valence-corrected chi connectivity index (χ2v) is 4.89. The molecule has 2 fully saturated rings. The number of aliphatic carboxylic acids is 1. The Morgan fingerprint density at radius 1 is 1.56 bits per heavy atom. The maximum atomic E-state index is 10.7. The molecule has 0 aromatic rings. The molecule has 1 spiro atoms. The fraction of sp³-hybridized carbons (Fsp3) is 0.909. The summed E-state index contributed by atoms with van der Waals surface area (Å²) >= 11 is 0. The van der Waals surface area contributed by atoms with Gasteiger partial charge in [-0.05, 0) is 25.8 Å². The molecule has 2 atom stereocenters. The molecule has 5 heteroatoms. The van der Waals surface area contributed by atoms with E-state index in [1.165, 1.54) is 0 Å². The lowest BCUT2D eigenvalue weighted by Crippen LogP contribution is -2.54. The molecule has 0 saturated carbocycles. The van der Waals surface area contributed by atoms with Crippen molar-refractivity contribution in [3.63, 3.8) is 0 Å². The molecule has 5 nitrogen and oxygen atoms in total. The van der Waals surface area contributed by atoms with Crippen LogP contribution in [0.3, 0.4) is 0 Å². The highest BCUT2D eigenvalue weighted by atomic mass is 16.5. The zero-order valence-corrected chi connectivity index (χ0v) is 9.39. The van der Waals surface area contributed by atoms with Crippen LogP contribution in [0.1, 0.15) is 25.7 Å². The molecule has 0 aromatic carbocycles. The van der Waals surface area contributed by atoms with E-state index >= 15 is 0 Å². The molecule has 2 rings (SSSR count). The number of rotatable bonds is 2. The normalized spacial score (nSPS) is 36.4. The zero-order chi connectivity index (χ0) is 11.6. The van der Waals surface area contributed by atoms with Crippen molar-refractivity contribution in [3.05, 3.63) is 0 Å². The molecule has 2 aliphatic rings. The van der Waals surface area contributed by atoms with Crippen molar-refractivity contribution in [3.8, 4) is 0 Å². The van der Waals surface area contributed by atoms with E-state index in [-0.39, 0.29) is 18.2 Å². The van der Waals surface area contributed by atoms with Crippen LogP contribution in [-0.4, -0.2) is 59.0 Å². The maximum absolute atomic E-state index is 10.7. The van der Waals surface area contributed by atoms with Gasteiger partial charge < -0.3 is 14.9 Å². The van der Waals surface area contributed by atoms with Gasteiger partial charge >= 0.3 is 5.97 Å². The van der Waals surface area contributed by atoms with Crippen LogP contribution >= 0.6 is 0 Å². The predicted octanol–water partition coefficient (Wildman–Crippen LogP) is 0.0769. The molecule has 0 amide bonds. The van der Waals surface area contributed by atoms with Crippen molar-refractivity contribution in [2.45, 2.75) is 37.4 Å². The summed E-state index contributed by atoms with van der Waals surface area (Å²) in [4.78, 5) is 12.6. The van der Waals surface area contributed by atoms with Gasteiger partial charge in [-0.2, -0.15) is 0 Å². The number of hydrogen-bond acceptors (Lipinski definition) is 4. The largest absolute Gasteiger partial charge is 0.480 e. The molecular formula is C11H19NO4. The van der Waals surface area contributed by atoms with Crippen LogP contribution in [-0.2, 0) is 9.53 Å². The first-order valence-electron chi connectivity index (χ1n) is 5.86. The number of aliphatic hydroxyl groups is 1. The Hall–Kier alpha value is -0.650. The first kappa shape index (κ1) is 11.8. The lowest BCUT2D eigenvalue weighted by Gasteiger charge is -2.45. The molecule has 0 aromatic heterocycles. The third kappa shape index (κ3) is 2.72. The van der Waals surface area contributed by atoms with Crippen molar-refractivity contribution in [1.82, 2.24) is 4.90 Å². The number of carboxylic acids is 1. The van der Waals surface area contributed by atoms with E-state index in [1.807, 2.05) is 4.90 Å². The van der Waals surface area contributed by atoms with Gasteiger partial charge in [-0.15, -0.1) is 0 Å². The molecule has 92 valence electrons. The van der Waals surface area contributed by atoms with Crippen molar-refractivity contribution in [1.29, 1.82) is 0 Å². The minimum absolute atomic E-state index is 0.0706. The number of piperidine rings is 1. The smallest absolute Gasteiger partial charge is 0.317 e. The monoisotopic (exact) mass is 229 g/mol. The zero-order valence-electron chi connectivity index (χ0n) is 9.39. The Balaban J connectivity index is 1.96. The molecule has 2 aliphatic heterocycles. The van der Waals surface area contributed by atoms with Gasteiger partial charge in [0.1, 0.15) is 0 Å². The van der Waals surface area contributed by atoms with Crippen LogP contribution in [0, 0.1) is 0 Å². The van der Waals surface area contributed by atoms with E-state index in [0.29, 0.717) is 26.0 Å². The fourth-order valence-electron chi connectivity index (χ4n) is 2.80. The van der Waals surface area contributed by atoms with Gasteiger partial charge in [0, 0.05) is 19.6 Å². The van der Waals surface area contributed by atoms with Gasteiger partial charge in [0.2, 0.25) is 0 Å². The molecule has 2 saturated heterocycles. The SMILES string of the molecule is O=C(O)CN1CCC[C@@]2(C[C@H](O)CCO2)C1. The molecule has 0 aliphatic carbocycles. The minimum atomic E-state index is -0.798. The van der Waals surface area contributed by atoms with E-state index in [2.05, 4.69) is 0 Å².